The highest BCUT2D eigenvalue weighted by Gasteiger charge is 2.17. The number of ether oxygens (including phenoxy) is 2. The van der Waals surface area contributed by atoms with Gasteiger partial charge in [-0.2, -0.15) is 0 Å². The summed E-state index contributed by atoms with van der Waals surface area (Å²) in [6, 6.07) is 12.6. The molecule has 0 unspecified atom stereocenters. The maximum Gasteiger partial charge on any atom is 0.261 e. The molecule has 6 heteroatoms. The third-order valence-electron chi connectivity index (χ3n) is 3.24. The topological polar surface area (TPSA) is 47.6 Å². The molecule has 2 rings (SSSR count). The molecule has 0 radical (unpaired) electrons. The highest BCUT2D eigenvalue weighted by atomic mass is 35.5. The number of halogens is 2. The van der Waals surface area contributed by atoms with Crippen LogP contribution < -0.4 is 14.8 Å². The molecule has 1 amide bonds. The van der Waals surface area contributed by atoms with E-state index < -0.39 is 6.10 Å². The highest BCUT2D eigenvalue weighted by molar-refractivity contribution is 6.30. The lowest BCUT2D eigenvalue weighted by molar-refractivity contribution is -0.128. The van der Waals surface area contributed by atoms with Gasteiger partial charge in [0.15, 0.2) is 6.10 Å². The normalized spacial score (nSPS) is 11.6. The second-order valence-corrected chi connectivity index (χ2v) is 5.50. The molecule has 0 aliphatic rings. The molecule has 2 aromatic rings. The number of rotatable bonds is 8. The molecule has 1 N–H and O–H groups in total. The first-order chi connectivity index (χ1) is 11.6. The number of carbonyl (C=O) groups excluding carboxylic acids is 1. The lowest BCUT2D eigenvalue weighted by Crippen LogP contribution is -2.39. The van der Waals surface area contributed by atoms with Crippen LogP contribution in [0.5, 0.6) is 11.5 Å². The highest BCUT2D eigenvalue weighted by Crippen LogP contribution is 2.16. The number of hydrogen-bond acceptors (Lipinski definition) is 3. The second kappa shape index (κ2) is 9.13. The standard InChI is InChI=1S/C18H19ClFNO3/c1-2-17(24-16-9-5-14(20)6-10-16)18(22)21-11-12-23-15-7-3-13(19)4-8-15/h3-10,17H,2,11-12H2,1H3,(H,21,22)/t17-/m0/s1. The molecular weight excluding hydrogens is 333 g/mol. The van der Waals surface area contributed by atoms with Gasteiger partial charge in [-0.15, -0.1) is 0 Å². The number of amides is 1. The zero-order chi connectivity index (χ0) is 17.4. The van der Waals surface area contributed by atoms with Crippen molar-refractivity contribution in [1.82, 2.24) is 5.32 Å². The minimum absolute atomic E-state index is 0.235. The lowest BCUT2D eigenvalue weighted by Gasteiger charge is -2.17. The summed E-state index contributed by atoms with van der Waals surface area (Å²) in [5, 5.41) is 3.40. The summed E-state index contributed by atoms with van der Waals surface area (Å²) in [5.41, 5.74) is 0. The van der Waals surface area contributed by atoms with Gasteiger partial charge < -0.3 is 14.8 Å². The quantitative estimate of drug-likeness (QED) is 0.735. The largest absolute Gasteiger partial charge is 0.492 e. The van der Waals surface area contributed by atoms with Crippen LogP contribution in [0.3, 0.4) is 0 Å². The van der Waals surface area contributed by atoms with Gasteiger partial charge in [-0.05, 0) is 55.0 Å². The van der Waals surface area contributed by atoms with Gasteiger partial charge in [0.05, 0.1) is 6.54 Å². The Bertz CT molecular complexity index is 646. The number of benzene rings is 2. The van der Waals surface area contributed by atoms with Crippen LogP contribution >= 0.6 is 11.6 Å². The number of hydrogen-bond donors (Lipinski definition) is 1. The van der Waals surface area contributed by atoms with Crippen molar-refractivity contribution in [3.05, 3.63) is 59.4 Å². The van der Waals surface area contributed by atoms with Crippen molar-refractivity contribution in [3.8, 4) is 11.5 Å². The molecule has 0 saturated heterocycles. The van der Waals surface area contributed by atoms with E-state index in [1.807, 2.05) is 6.92 Å². The summed E-state index contributed by atoms with van der Waals surface area (Å²) in [6.07, 6.45) is -0.132. The summed E-state index contributed by atoms with van der Waals surface area (Å²) in [6.45, 7) is 2.53. The van der Waals surface area contributed by atoms with E-state index in [2.05, 4.69) is 5.32 Å². The Morgan fingerprint density at radius 2 is 1.75 bits per heavy atom. The van der Waals surface area contributed by atoms with Crippen LogP contribution in [0.4, 0.5) is 4.39 Å². The van der Waals surface area contributed by atoms with Gasteiger partial charge in [0.2, 0.25) is 0 Å². The first-order valence-corrected chi connectivity index (χ1v) is 8.04. The Kier molecular flexibility index (Phi) is 6.88. The van der Waals surface area contributed by atoms with Crippen molar-refractivity contribution in [3.63, 3.8) is 0 Å². The maximum absolute atomic E-state index is 12.9. The van der Waals surface area contributed by atoms with Gasteiger partial charge in [0.25, 0.3) is 5.91 Å². The van der Waals surface area contributed by atoms with Crippen LogP contribution in [0, 0.1) is 5.82 Å². The second-order valence-electron chi connectivity index (χ2n) is 5.06. The molecule has 0 bridgehead atoms. The summed E-state index contributed by atoms with van der Waals surface area (Å²) in [7, 11) is 0. The van der Waals surface area contributed by atoms with Gasteiger partial charge in [0.1, 0.15) is 23.9 Å². The van der Waals surface area contributed by atoms with E-state index in [9.17, 15) is 9.18 Å². The smallest absolute Gasteiger partial charge is 0.261 e. The first-order valence-electron chi connectivity index (χ1n) is 7.67. The average molecular weight is 352 g/mol. The van der Waals surface area contributed by atoms with Gasteiger partial charge in [-0.25, -0.2) is 4.39 Å². The Balaban J connectivity index is 1.75. The fourth-order valence-electron chi connectivity index (χ4n) is 1.99. The Labute approximate surface area is 145 Å². The molecule has 2 aromatic carbocycles. The molecule has 1 atom stereocenters. The van der Waals surface area contributed by atoms with Gasteiger partial charge in [-0.3, -0.25) is 4.79 Å². The molecule has 0 aliphatic carbocycles. The molecule has 0 aromatic heterocycles. The first kappa shape index (κ1) is 18.1. The van der Waals surface area contributed by atoms with Crippen molar-refractivity contribution in [2.45, 2.75) is 19.4 Å². The monoisotopic (exact) mass is 351 g/mol. The van der Waals surface area contributed by atoms with E-state index in [4.69, 9.17) is 21.1 Å². The zero-order valence-electron chi connectivity index (χ0n) is 13.3. The van der Waals surface area contributed by atoms with Crippen LogP contribution in [0.25, 0.3) is 0 Å². The zero-order valence-corrected chi connectivity index (χ0v) is 14.1. The average Bonchev–Trinajstić information content (AvgIpc) is 2.59. The van der Waals surface area contributed by atoms with Crippen LogP contribution in [0.15, 0.2) is 48.5 Å². The number of nitrogens with one attached hydrogen (secondary N) is 1. The lowest BCUT2D eigenvalue weighted by atomic mass is 10.2. The molecule has 0 aliphatic heterocycles. The Hall–Kier alpha value is -2.27. The molecule has 0 heterocycles. The maximum atomic E-state index is 12.9. The minimum atomic E-state index is -0.633. The fraction of sp³-hybridized carbons (Fsp3) is 0.278. The Morgan fingerprint density at radius 3 is 2.38 bits per heavy atom. The number of carbonyl (C=O) groups is 1. The van der Waals surface area contributed by atoms with Crippen molar-refractivity contribution in [2.75, 3.05) is 13.2 Å². The molecule has 24 heavy (non-hydrogen) atoms. The molecule has 0 spiro atoms. The predicted octanol–water partition coefficient (Wildman–Crippen LogP) is 3.83. The van der Waals surface area contributed by atoms with Crippen molar-refractivity contribution in [2.24, 2.45) is 0 Å². The van der Waals surface area contributed by atoms with Crippen LogP contribution in [-0.4, -0.2) is 25.2 Å². The summed E-state index contributed by atoms with van der Waals surface area (Å²) < 4.78 is 24.0. The SMILES string of the molecule is CC[C@H](Oc1ccc(F)cc1)C(=O)NCCOc1ccc(Cl)cc1. The van der Waals surface area contributed by atoms with E-state index in [1.165, 1.54) is 24.3 Å². The van der Waals surface area contributed by atoms with Crippen molar-refractivity contribution >= 4 is 17.5 Å². The fourth-order valence-corrected chi connectivity index (χ4v) is 2.11. The molecule has 128 valence electrons. The van der Waals surface area contributed by atoms with Crippen LogP contribution in [-0.2, 0) is 4.79 Å². The van der Waals surface area contributed by atoms with Crippen molar-refractivity contribution < 1.29 is 18.7 Å². The molecular formula is C18H19ClFNO3. The van der Waals surface area contributed by atoms with Gasteiger partial charge in [0, 0.05) is 5.02 Å². The van der Waals surface area contributed by atoms with Crippen molar-refractivity contribution in [1.29, 1.82) is 0 Å². The van der Waals surface area contributed by atoms with E-state index in [0.717, 1.165) is 0 Å². The summed E-state index contributed by atoms with van der Waals surface area (Å²) >= 11 is 5.79. The summed E-state index contributed by atoms with van der Waals surface area (Å²) in [5.74, 6) is 0.555. The summed E-state index contributed by atoms with van der Waals surface area (Å²) in [4.78, 5) is 12.1. The third-order valence-corrected chi connectivity index (χ3v) is 3.49. The van der Waals surface area contributed by atoms with Crippen LogP contribution in [0.2, 0.25) is 5.02 Å². The van der Waals surface area contributed by atoms with E-state index >= 15 is 0 Å². The predicted molar refractivity (Wildman–Crippen MR) is 91.1 cm³/mol. The van der Waals surface area contributed by atoms with Gasteiger partial charge in [-0.1, -0.05) is 18.5 Å². The van der Waals surface area contributed by atoms with Crippen LogP contribution in [0.1, 0.15) is 13.3 Å². The Morgan fingerprint density at radius 1 is 1.12 bits per heavy atom. The minimum Gasteiger partial charge on any atom is -0.492 e. The molecule has 0 saturated carbocycles. The third kappa shape index (κ3) is 5.74. The van der Waals surface area contributed by atoms with Gasteiger partial charge >= 0.3 is 0 Å². The molecule has 4 nitrogen and oxygen atoms in total. The van der Waals surface area contributed by atoms with E-state index in [0.29, 0.717) is 36.1 Å². The molecule has 0 fully saturated rings. The van der Waals surface area contributed by atoms with E-state index in [1.54, 1.807) is 24.3 Å². The van der Waals surface area contributed by atoms with E-state index in [-0.39, 0.29) is 11.7 Å².